The molecular formula is C23H27FN2OS. The maximum absolute atomic E-state index is 13.0. The minimum atomic E-state index is -0.220. The zero-order valence-electron chi connectivity index (χ0n) is 16.1. The summed E-state index contributed by atoms with van der Waals surface area (Å²) in [7, 11) is 0. The second-order valence-electron chi connectivity index (χ2n) is 8.01. The topological polar surface area (TPSA) is 15.7 Å². The number of rotatable bonds is 5. The van der Waals surface area contributed by atoms with Crippen molar-refractivity contribution in [2.75, 3.05) is 43.4 Å². The Balaban J connectivity index is 1.20. The van der Waals surface area contributed by atoms with E-state index in [2.05, 4.69) is 28.0 Å². The third-order valence-corrected chi connectivity index (χ3v) is 7.41. The molecule has 0 bridgehead atoms. The van der Waals surface area contributed by atoms with Gasteiger partial charge in [0.25, 0.3) is 0 Å². The Morgan fingerprint density at radius 3 is 2.89 bits per heavy atom. The van der Waals surface area contributed by atoms with Crippen molar-refractivity contribution in [1.29, 1.82) is 0 Å². The first-order chi connectivity index (χ1) is 13.8. The Labute approximate surface area is 170 Å². The van der Waals surface area contributed by atoms with Crippen LogP contribution in [0.25, 0.3) is 0 Å². The van der Waals surface area contributed by atoms with E-state index in [9.17, 15) is 4.39 Å². The summed E-state index contributed by atoms with van der Waals surface area (Å²) in [4.78, 5) is 6.82. The van der Waals surface area contributed by atoms with Crippen molar-refractivity contribution < 1.29 is 9.13 Å². The van der Waals surface area contributed by atoms with Crippen LogP contribution in [-0.2, 0) is 0 Å². The van der Waals surface area contributed by atoms with Gasteiger partial charge in [-0.1, -0.05) is 12.1 Å². The number of fused-ring (bicyclic) bond motifs is 3. The predicted octanol–water partition coefficient (Wildman–Crippen LogP) is 4.77. The molecule has 0 N–H and O–H groups in total. The SMILES string of the molecule is Fc1ccc(OCCCN2CC[C@H]3[C@@H](C2)c2cccc4c2N3CCCS4)cc1. The van der Waals surface area contributed by atoms with E-state index in [-0.39, 0.29) is 5.82 Å². The van der Waals surface area contributed by atoms with Crippen LogP contribution in [0.4, 0.5) is 10.1 Å². The van der Waals surface area contributed by atoms with Gasteiger partial charge in [0, 0.05) is 43.0 Å². The Bertz CT molecular complexity index is 828. The highest BCUT2D eigenvalue weighted by molar-refractivity contribution is 7.99. The Morgan fingerprint density at radius 2 is 2.00 bits per heavy atom. The van der Waals surface area contributed by atoms with E-state index in [0.29, 0.717) is 18.6 Å². The lowest BCUT2D eigenvalue weighted by Gasteiger charge is -2.39. The second-order valence-corrected chi connectivity index (χ2v) is 9.15. The standard InChI is InChI=1S/C23H27FN2OS/c24-17-6-8-18(9-7-17)27-14-2-11-25-13-10-21-20(16-25)19-4-1-5-22-23(19)26(21)12-3-15-28-22/h1,4-9,20-21H,2-3,10-16H2/t20-,21-/m0/s1. The van der Waals surface area contributed by atoms with E-state index in [1.165, 1.54) is 48.7 Å². The van der Waals surface area contributed by atoms with Crippen LogP contribution in [0.5, 0.6) is 5.75 Å². The number of ether oxygens (including phenoxy) is 1. The molecule has 1 fully saturated rings. The van der Waals surface area contributed by atoms with Crippen LogP contribution < -0.4 is 9.64 Å². The molecule has 0 radical (unpaired) electrons. The molecule has 148 valence electrons. The maximum atomic E-state index is 13.0. The lowest BCUT2D eigenvalue weighted by molar-refractivity contribution is 0.178. The third-order valence-electron chi connectivity index (χ3n) is 6.28. The van der Waals surface area contributed by atoms with Gasteiger partial charge in [-0.15, -0.1) is 11.8 Å². The smallest absolute Gasteiger partial charge is 0.123 e. The number of hydrogen-bond donors (Lipinski definition) is 0. The molecule has 2 aromatic carbocycles. The summed E-state index contributed by atoms with van der Waals surface area (Å²) in [5.41, 5.74) is 3.12. The zero-order valence-corrected chi connectivity index (χ0v) is 17.0. The summed E-state index contributed by atoms with van der Waals surface area (Å²) in [5.74, 6) is 2.41. The number of para-hydroxylation sites is 1. The molecule has 28 heavy (non-hydrogen) atoms. The third kappa shape index (κ3) is 3.50. The fraction of sp³-hybridized carbons (Fsp3) is 0.478. The number of anilines is 1. The average Bonchev–Trinajstić information content (AvgIpc) is 2.88. The summed E-state index contributed by atoms with van der Waals surface area (Å²) in [6, 6.07) is 13.9. The molecule has 1 saturated heterocycles. The van der Waals surface area contributed by atoms with Gasteiger partial charge in [-0.3, -0.25) is 0 Å². The molecule has 3 nitrogen and oxygen atoms in total. The molecule has 0 saturated carbocycles. The van der Waals surface area contributed by atoms with Gasteiger partial charge in [-0.25, -0.2) is 4.39 Å². The van der Waals surface area contributed by atoms with E-state index in [0.717, 1.165) is 25.3 Å². The van der Waals surface area contributed by atoms with Gasteiger partial charge in [-0.05, 0) is 60.9 Å². The van der Waals surface area contributed by atoms with E-state index >= 15 is 0 Å². The predicted molar refractivity (Wildman–Crippen MR) is 113 cm³/mol. The second kappa shape index (κ2) is 7.96. The summed E-state index contributed by atoms with van der Waals surface area (Å²) in [6.07, 6.45) is 3.54. The summed E-state index contributed by atoms with van der Waals surface area (Å²) in [6.45, 7) is 5.28. The van der Waals surface area contributed by atoms with Crippen molar-refractivity contribution in [2.45, 2.75) is 36.1 Å². The van der Waals surface area contributed by atoms with Gasteiger partial charge < -0.3 is 14.5 Å². The Hall–Kier alpha value is -1.72. The van der Waals surface area contributed by atoms with Crippen LogP contribution in [0.3, 0.4) is 0 Å². The van der Waals surface area contributed by atoms with Crippen LogP contribution in [0.2, 0.25) is 0 Å². The number of hydrogen-bond acceptors (Lipinski definition) is 4. The molecule has 2 aromatic rings. The lowest BCUT2D eigenvalue weighted by Crippen LogP contribution is -2.46. The molecule has 2 atom stereocenters. The molecule has 5 rings (SSSR count). The van der Waals surface area contributed by atoms with Crippen LogP contribution in [0.1, 0.15) is 30.7 Å². The number of nitrogens with zero attached hydrogens (tertiary/aromatic N) is 2. The minimum absolute atomic E-state index is 0.220. The summed E-state index contributed by atoms with van der Waals surface area (Å²) >= 11 is 2.03. The largest absolute Gasteiger partial charge is 0.494 e. The maximum Gasteiger partial charge on any atom is 0.123 e. The van der Waals surface area contributed by atoms with Crippen molar-refractivity contribution in [1.82, 2.24) is 4.90 Å². The molecule has 5 heteroatoms. The van der Waals surface area contributed by atoms with Crippen molar-refractivity contribution in [3.05, 3.63) is 53.8 Å². The van der Waals surface area contributed by atoms with Crippen molar-refractivity contribution in [3.8, 4) is 5.75 Å². The fourth-order valence-corrected chi connectivity index (χ4v) is 6.06. The van der Waals surface area contributed by atoms with Gasteiger partial charge in [-0.2, -0.15) is 0 Å². The van der Waals surface area contributed by atoms with Gasteiger partial charge in [0.05, 0.1) is 12.3 Å². The molecule has 0 aliphatic carbocycles. The monoisotopic (exact) mass is 398 g/mol. The Kier molecular flexibility index (Phi) is 5.20. The minimum Gasteiger partial charge on any atom is -0.494 e. The Morgan fingerprint density at radius 1 is 1.11 bits per heavy atom. The van der Waals surface area contributed by atoms with Gasteiger partial charge in [0.2, 0.25) is 0 Å². The number of likely N-dealkylation sites (tertiary alicyclic amines) is 1. The highest BCUT2D eigenvalue weighted by Crippen LogP contribution is 2.50. The van der Waals surface area contributed by atoms with Crippen LogP contribution >= 0.6 is 11.8 Å². The molecule has 0 unspecified atom stereocenters. The van der Waals surface area contributed by atoms with Crippen LogP contribution in [0.15, 0.2) is 47.4 Å². The molecule has 3 aliphatic rings. The molecule has 3 heterocycles. The number of benzene rings is 2. The first-order valence-corrected chi connectivity index (χ1v) is 11.4. The van der Waals surface area contributed by atoms with Crippen molar-refractivity contribution in [3.63, 3.8) is 0 Å². The molecule has 0 amide bonds. The number of thioether (sulfide) groups is 1. The van der Waals surface area contributed by atoms with Gasteiger partial charge in [0.15, 0.2) is 0 Å². The summed E-state index contributed by atoms with van der Waals surface area (Å²) in [5, 5.41) is 0. The van der Waals surface area contributed by atoms with Gasteiger partial charge >= 0.3 is 0 Å². The van der Waals surface area contributed by atoms with E-state index in [4.69, 9.17) is 4.74 Å². The molecule has 3 aliphatic heterocycles. The van der Waals surface area contributed by atoms with E-state index in [1.54, 1.807) is 23.4 Å². The number of halogens is 1. The summed E-state index contributed by atoms with van der Waals surface area (Å²) < 4.78 is 18.7. The number of piperidine rings is 1. The molecule has 0 spiro atoms. The quantitative estimate of drug-likeness (QED) is 0.674. The highest BCUT2D eigenvalue weighted by Gasteiger charge is 2.43. The molecular weight excluding hydrogens is 371 g/mol. The lowest BCUT2D eigenvalue weighted by atomic mass is 9.89. The van der Waals surface area contributed by atoms with Crippen molar-refractivity contribution in [2.24, 2.45) is 0 Å². The first-order valence-electron chi connectivity index (χ1n) is 10.4. The zero-order chi connectivity index (χ0) is 18.9. The normalized spacial score (nSPS) is 23.8. The van der Waals surface area contributed by atoms with E-state index < -0.39 is 0 Å². The van der Waals surface area contributed by atoms with E-state index in [1.807, 2.05) is 11.8 Å². The average molecular weight is 399 g/mol. The fourth-order valence-electron chi connectivity index (χ4n) is 5.02. The van der Waals surface area contributed by atoms with Crippen LogP contribution in [-0.4, -0.2) is 49.5 Å². The highest BCUT2D eigenvalue weighted by atomic mass is 32.2. The van der Waals surface area contributed by atoms with Crippen LogP contribution in [0, 0.1) is 5.82 Å². The van der Waals surface area contributed by atoms with Gasteiger partial charge in [0.1, 0.15) is 11.6 Å². The van der Waals surface area contributed by atoms with Crippen molar-refractivity contribution >= 4 is 17.4 Å². The molecule has 0 aromatic heterocycles. The first kappa shape index (κ1) is 18.3.